The molecule has 3 N–H and O–H groups in total. The van der Waals surface area contributed by atoms with Crippen LogP contribution in [-0.2, 0) is 4.79 Å². The molecule has 1 fully saturated rings. The zero-order valence-electron chi connectivity index (χ0n) is 7.89. The van der Waals surface area contributed by atoms with Crippen molar-refractivity contribution in [1.29, 1.82) is 0 Å². The second-order valence-corrected chi connectivity index (χ2v) is 4.09. The van der Waals surface area contributed by atoms with Crippen LogP contribution in [0.3, 0.4) is 0 Å². The Labute approximate surface area is 73.7 Å². The summed E-state index contributed by atoms with van der Waals surface area (Å²) in [6.45, 7) is 5.72. The number of primary amides is 1. The predicted octanol–water partition coefficient (Wildman–Crippen LogP) is 0.497. The number of rotatable bonds is 5. The van der Waals surface area contributed by atoms with E-state index in [2.05, 4.69) is 19.2 Å². The average Bonchev–Trinajstić information content (AvgIpc) is 2.68. The van der Waals surface area contributed by atoms with E-state index in [0.717, 1.165) is 6.54 Å². The summed E-state index contributed by atoms with van der Waals surface area (Å²) in [5, 5.41) is 3.09. The van der Waals surface area contributed by atoms with Gasteiger partial charge in [0.15, 0.2) is 0 Å². The first kappa shape index (κ1) is 9.52. The summed E-state index contributed by atoms with van der Waals surface area (Å²) in [5.74, 6) is 0.437. The Morgan fingerprint density at radius 2 is 2.17 bits per heavy atom. The van der Waals surface area contributed by atoms with Crippen molar-refractivity contribution in [3.8, 4) is 0 Å². The summed E-state index contributed by atoms with van der Waals surface area (Å²) in [7, 11) is 0. The van der Waals surface area contributed by atoms with Crippen molar-refractivity contribution in [2.75, 3.05) is 13.1 Å². The molecule has 0 aromatic carbocycles. The Hall–Kier alpha value is -0.570. The molecule has 70 valence electrons. The molecule has 0 saturated heterocycles. The molecule has 1 amide bonds. The van der Waals surface area contributed by atoms with Gasteiger partial charge in [0.1, 0.15) is 0 Å². The van der Waals surface area contributed by atoms with Crippen molar-refractivity contribution in [2.45, 2.75) is 26.7 Å². The third kappa shape index (κ3) is 2.21. The van der Waals surface area contributed by atoms with Gasteiger partial charge >= 0.3 is 0 Å². The van der Waals surface area contributed by atoms with Gasteiger partial charge in [0.05, 0.1) is 6.54 Å². The highest BCUT2D eigenvalue weighted by Crippen LogP contribution is 2.51. The summed E-state index contributed by atoms with van der Waals surface area (Å²) in [5.41, 5.74) is 5.48. The largest absolute Gasteiger partial charge is 0.369 e. The van der Waals surface area contributed by atoms with Gasteiger partial charge in [-0.3, -0.25) is 4.79 Å². The first-order chi connectivity index (χ1) is 5.57. The number of carbonyl (C=O) groups excluding carboxylic acids is 1. The fourth-order valence-corrected chi connectivity index (χ4v) is 1.55. The number of nitrogens with one attached hydrogen (secondary N) is 1. The van der Waals surface area contributed by atoms with Crippen molar-refractivity contribution in [3.05, 3.63) is 0 Å². The van der Waals surface area contributed by atoms with Crippen LogP contribution in [0.5, 0.6) is 0 Å². The lowest BCUT2D eigenvalue weighted by Crippen LogP contribution is -2.34. The maximum atomic E-state index is 10.4. The van der Waals surface area contributed by atoms with Crippen LogP contribution >= 0.6 is 0 Å². The van der Waals surface area contributed by atoms with E-state index < -0.39 is 0 Å². The van der Waals surface area contributed by atoms with Gasteiger partial charge in [-0.1, -0.05) is 13.8 Å². The van der Waals surface area contributed by atoms with Gasteiger partial charge in [0, 0.05) is 6.54 Å². The summed E-state index contributed by atoms with van der Waals surface area (Å²) >= 11 is 0. The lowest BCUT2D eigenvalue weighted by atomic mass is 9.92. The molecule has 0 heterocycles. The summed E-state index contributed by atoms with van der Waals surface area (Å²) in [6.07, 6.45) is 2.58. The highest BCUT2D eigenvalue weighted by molar-refractivity contribution is 5.75. The smallest absolute Gasteiger partial charge is 0.231 e. The molecule has 3 heteroatoms. The standard InChI is InChI=1S/C9H18N2O/c1-7(2)9(3-4-9)6-11-5-8(10)12/h7,11H,3-6H2,1-2H3,(H2,10,12). The van der Waals surface area contributed by atoms with Crippen LogP contribution in [0, 0.1) is 11.3 Å². The fraction of sp³-hybridized carbons (Fsp3) is 0.889. The Morgan fingerprint density at radius 3 is 2.50 bits per heavy atom. The van der Waals surface area contributed by atoms with Crippen molar-refractivity contribution < 1.29 is 4.79 Å². The van der Waals surface area contributed by atoms with Gasteiger partial charge < -0.3 is 11.1 Å². The van der Waals surface area contributed by atoms with E-state index in [9.17, 15) is 4.79 Å². The average molecular weight is 170 g/mol. The molecule has 1 saturated carbocycles. The Morgan fingerprint density at radius 1 is 1.58 bits per heavy atom. The molecule has 0 unspecified atom stereocenters. The molecule has 1 rings (SSSR count). The Bertz CT molecular complexity index is 173. The molecule has 0 aliphatic heterocycles. The van der Waals surface area contributed by atoms with Crippen LogP contribution in [0.1, 0.15) is 26.7 Å². The minimum Gasteiger partial charge on any atom is -0.369 e. The van der Waals surface area contributed by atoms with Crippen molar-refractivity contribution in [1.82, 2.24) is 5.32 Å². The topological polar surface area (TPSA) is 55.1 Å². The first-order valence-electron chi connectivity index (χ1n) is 4.56. The molecule has 0 radical (unpaired) electrons. The number of hydrogen-bond acceptors (Lipinski definition) is 2. The SMILES string of the molecule is CC(C)C1(CNCC(N)=O)CC1. The van der Waals surface area contributed by atoms with Crippen LogP contribution in [0.25, 0.3) is 0 Å². The van der Waals surface area contributed by atoms with Crippen LogP contribution in [0.15, 0.2) is 0 Å². The Kier molecular flexibility index (Phi) is 2.73. The van der Waals surface area contributed by atoms with Gasteiger partial charge in [-0.15, -0.1) is 0 Å². The van der Waals surface area contributed by atoms with E-state index in [1.807, 2.05) is 0 Å². The zero-order chi connectivity index (χ0) is 9.19. The highest BCUT2D eigenvalue weighted by Gasteiger charge is 2.44. The summed E-state index contributed by atoms with van der Waals surface area (Å²) in [4.78, 5) is 10.4. The number of nitrogens with two attached hydrogens (primary N) is 1. The van der Waals surface area contributed by atoms with Crippen molar-refractivity contribution in [3.63, 3.8) is 0 Å². The molecule has 0 aromatic rings. The third-order valence-electron chi connectivity index (χ3n) is 2.89. The van der Waals surface area contributed by atoms with E-state index in [1.165, 1.54) is 12.8 Å². The fourth-order valence-electron chi connectivity index (χ4n) is 1.55. The van der Waals surface area contributed by atoms with Crippen molar-refractivity contribution >= 4 is 5.91 Å². The normalized spacial score (nSPS) is 19.6. The summed E-state index contributed by atoms with van der Waals surface area (Å²) < 4.78 is 0. The molecular formula is C9H18N2O. The lowest BCUT2D eigenvalue weighted by Gasteiger charge is -2.19. The van der Waals surface area contributed by atoms with E-state index in [0.29, 0.717) is 17.9 Å². The number of hydrogen-bond donors (Lipinski definition) is 2. The van der Waals surface area contributed by atoms with Crippen LogP contribution in [0.4, 0.5) is 0 Å². The molecule has 3 nitrogen and oxygen atoms in total. The van der Waals surface area contributed by atoms with Crippen LogP contribution < -0.4 is 11.1 Å². The summed E-state index contributed by atoms with van der Waals surface area (Å²) in [6, 6.07) is 0. The van der Waals surface area contributed by atoms with Gasteiger partial charge in [-0.25, -0.2) is 0 Å². The molecule has 1 aliphatic rings. The monoisotopic (exact) mass is 170 g/mol. The second kappa shape index (κ2) is 3.44. The van der Waals surface area contributed by atoms with E-state index >= 15 is 0 Å². The zero-order valence-corrected chi connectivity index (χ0v) is 7.89. The number of amides is 1. The Balaban J connectivity index is 2.18. The quantitative estimate of drug-likeness (QED) is 0.631. The molecule has 0 bridgehead atoms. The highest BCUT2D eigenvalue weighted by atomic mass is 16.1. The van der Waals surface area contributed by atoms with Crippen molar-refractivity contribution in [2.24, 2.45) is 17.1 Å². The molecular weight excluding hydrogens is 152 g/mol. The molecule has 12 heavy (non-hydrogen) atoms. The van der Waals surface area contributed by atoms with Gasteiger partial charge in [0.25, 0.3) is 0 Å². The predicted molar refractivity (Wildman–Crippen MR) is 48.6 cm³/mol. The lowest BCUT2D eigenvalue weighted by molar-refractivity contribution is -0.117. The molecule has 1 aliphatic carbocycles. The van der Waals surface area contributed by atoms with Gasteiger partial charge in [-0.05, 0) is 24.2 Å². The third-order valence-corrected chi connectivity index (χ3v) is 2.89. The minimum atomic E-state index is -0.269. The maximum absolute atomic E-state index is 10.4. The molecule has 0 spiro atoms. The maximum Gasteiger partial charge on any atom is 0.231 e. The number of carbonyl (C=O) groups is 1. The van der Waals surface area contributed by atoms with Crippen LogP contribution in [0.2, 0.25) is 0 Å². The van der Waals surface area contributed by atoms with Gasteiger partial charge in [-0.2, -0.15) is 0 Å². The first-order valence-corrected chi connectivity index (χ1v) is 4.56. The van der Waals surface area contributed by atoms with Gasteiger partial charge in [0.2, 0.25) is 5.91 Å². The molecule has 0 atom stereocenters. The van der Waals surface area contributed by atoms with E-state index in [4.69, 9.17) is 5.73 Å². The van der Waals surface area contributed by atoms with Crippen LogP contribution in [-0.4, -0.2) is 19.0 Å². The van der Waals surface area contributed by atoms with E-state index in [-0.39, 0.29) is 5.91 Å². The molecule has 0 aromatic heterocycles. The second-order valence-electron chi connectivity index (χ2n) is 4.09. The minimum absolute atomic E-state index is 0.269. The van der Waals surface area contributed by atoms with E-state index in [1.54, 1.807) is 0 Å².